The van der Waals surface area contributed by atoms with E-state index < -0.39 is 30.7 Å². The fraction of sp³-hybridized carbons (Fsp3) is 1.00. The van der Waals surface area contributed by atoms with Gasteiger partial charge in [-0.15, -0.1) is 0 Å². The van der Waals surface area contributed by atoms with Crippen molar-refractivity contribution in [2.24, 2.45) is 0 Å². The van der Waals surface area contributed by atoms with Gasteiger partial charge in [-0.1, -0.05) is 13.8 Å². The maximum absolute atomic E-state index is 9.33. The zero-order chi connectivity index (χ0) is 12.0. The smallest absolute Gasteiger partial charge is 0.184 e. The van der Waals surface area contributed by atoms with Crippen molar-refractivity contribution in [2.45, 2.75) is 44.6 Å². The second-order valence-corrected chi connectivity index (χ2v) is 2.99. The van der Waals surface area contributed by atoms with Gasteiger partial charge in [-0.25, -0.2) is 0 Å². The summed E-state index contributed by atoms with van der Waals surface area (Å²) in [6.45, 7) is 4.04. The molecule has 1 saturated heterocycles. The Labute approximate surface area is 89.1 Å². The molecular formula is C9H20O6. The van der Waals surface area contributed by atoms with E-state index in [1.165, 1.54) is 7.11 Å². The highest BCUT2D eigenvalue weighted by Gasteiger charge is 2.42. The van der Waals surface area contributed by atoms with E-state index in [4.69, 9.17) is 19.7 Å². The first kappa shape index (κ1) is 14.8. The molecule has 4 unspecified atom stereocenters. The van der Waals surface area contributed by atoms with Crippen molar-refractivity contribution >= 4 is 0 Å². The van der Waals surface area contributed by atoms with Crippen molar-refractivity contribution in [3.63, 3.8) is 0 Å². The molecule has 0 amide bonds. The van der Waals surface area contributed by atoms with E-state index in [0.29, 0.717) is 0 Å². The highest BCUT2D eigenvalue weighted by atomic mass is 16.6. The molecule has 0 aromatic carbocycles. The van der Waals surface area contributed by atoms with Crippen molar-refractivity contribution in [3.8, 4) is 0 Å². The largest absolute Gasteiger partial charge is 0.387 e. The van der Waals surface area contributed by atoms with Gasteiger partial charge in [-0.2, -0.15) is 0 Å². The minimum absolute atomic E-state index is 0.0437. The van der Waals surface area contributed by atoms with Crippen LogP contribution in [0.2, 0.25) is 0 Å². The van der Waals surface area contributed by atoms with Crippen LogP contribution in [0.25, 0.3) is 0 Å². The molecule has 1 fully saturated rings. The third-order valence-electron chi connectivity index (χ3n) is 2.02. The van der Waals surface area contributed by atoms with Crippen molar-refractivity contribution in [2.75, 3.05) is 13.7 Å². The molecule has 0 bridgehead atoms. The van der Waals surface area contributed by atoms with Crippen LogP contribution in [0, 0.1) is 0 Å². The van der Waals surface area contributed by atoms with E-state index in [1.807, 2.05) is 13.8 Å². The fourth-order valence-electron chi connectivity index (χ4n) is 1.23. The SMILES string of the molecule is CC.COCC1OC(O)[C@H](O)C(O)C1O. The van der Waals surface area contributed by atoms with E-state index in [1.54, 1.807) is 0 Å². The summed E-state index contributed by atoms with van der Waals surface area (Å²) in [6.07, 6.45) is -6.46. The quantitative estimate of drug-likeness (QED) is 0.453. The molecule has 0 aliphatic carbocycles. The Hall–Kier alpha value is -0.240. The number of aliphatic hydroxyl groups excluding tert-OH is 4. The number of rotatable bonds is 2. The molecule has 0 aromatic heterocycles. The van der Waals surface area contributed by atoms with Crippen LogP contribution in [-0.2, 0) is 9.47 Å². The highest BCUT2D eigenvalue weighted by Crippen LogP contribution is 2.19. The summed E-state index contributed by atoms with van der Waals surface area (Å²) in [4.78, 5) is 0. The molecule has 15 heavy (non-hydrogen) atoms. The second-order valence-electron chi connectivity index (χ2n) is 2.99. The van der Waals surface area contributed by atoms with E-state index in [9.17, 15) is 10.2 Å². The van der Waals surface area contributed by atoms with Gasteiger partial charge in [0.25, 0.3) is 0 Å². The number of hydrogen-bond acceptors (Lipinski definition) is 6. The van der Waals surface area contributed by atoms with Crippen LogP contribution < -0.4 is 0 Å². The average molecular weight is 224 g/mol. The maximum atomic E-state index is 9.33. The van der Waals surface area contributed by atoms with Gasteiger partial charge in [0, 0.05) is 7.11 Å². The second kappa shape index (κ2) is 7.10. The van der Waals surface area contributed by atoms with Crippen molar-refractivity contribution in [3.05, 3.63) is 0 Å². The molecule has 1 aliphatic heterocycles. The zero-order valence-electron chi connectivity index (χ0n) is 9.20. The minimum atomic E-state index is -1.49. The minimum Gasteiger partial charge on any atom is -0.387 e. The molecule has 5 atom stereocenters. The van der Waals surface area contributed by atoms with Gasteiger partial charge in [-0.05, 0) is 0 Å². The third kappa shape index (κ3) is 3.67. The number of hydrogen-bond donors (Lipinski definition) is 4. The summed E-state index contributed by atoms with van der Waals surface area (Å²) in [6, 6.07) is 0. The molecule has 0 spiro atoms. The average Bonchev–Trinajstić information content (AvgIpc) is 2.26. The molecule has 0 radical (unpaired) electrons. The molecule has 0 saturated carbocycles. The summed E-state index contributed by atoms with van der Waals surface area (Å²) in [5.41, 5.74) is 0. The Morgan fingerprint density at radius 1 is 1.00 bits per heavy atom. The first-order valence-electron chi connectivity index (χ1n) is 4.94. The summed E-state index contributed by atoms with van der Waals surface area (Å²) in [5.74, 6) is 0. The number of aliphatic hydroxyl groups is 4. The molecule has 4 N–H and O–H groups in total. The lowest BCUT2D eigenvalue weighted by Gasteiger charge is -2.37. The number of methoxy groups -OCH3 is 1. The summed E-state index contributed by atoms with van der Waals surface area (Å²) < 4.78 is 9.49. The lowest BCUT2D eigenvalue weighted by atomic mass is 9.99. The zero-order valence-corrected chi connectivity index (χ0v) is 9.20. The normalized spacial score (nSPS) is 40.6. The van der Waals surface area contributed by atoms with E-state index >= 15 is 0 Å². The maximum Gasteiger partial charge on any atom is 0.184 e. The van der Waals surface area contributed by atoms with Crippen LogP contribution in [-0.4, -0.2) is 64.8 Å². The fourth-order valence-corrected chi connectivity index (χ4v) is 1.23. The summed E-state index contributed by atoms with van der Waals surface area (Å²) >= 11 is 0. The first-order chi connectivity index (χ1) is 7.07. The molecular weight excluding hydrogens is 204 g/mol. The van der Waals surface area contributed by atoms with Gasteiger partial charge >= 0.3 is 0 Å². The molecule has 0 aromatic rings. The standard InChI is InChI=1S/C7H14O6.C2H6/c1-12-2-3-4(8)5(9)6(10)7(11)13-3;1-2/h3-11H,2H2,1H3;1-2H3/t3?,4?,5?,6-,7?;/m1./s1. The van der Waals surface area contributed by atoms with Crippen molar-refractivity contribution < 1.29 is 29.9 Å². The van der Waals surface area contributed by atoms with Crippen molar-refractivity contribution in [1.29, 1.82) is 0 Å². The predicted octanol–water partition coefficient (Wildman–Crippen LogP) is -1.54. The van der Waals surface area contributed by atoms with Crippen LogP contribution in [0.15, 0.2) is 0 Å². The molecule has 1 aliphatic rings. The van der Waals surface area contributed by atoms with Crippen LogP contribution >= 0.6 is 0 Å². The Kier molecular flexibility index (Phi) is 6.99. The lowest BCUT2D eigenvalue weighted by Crippen LogP contribution is -2.58. The van der Waals surface area contributed by atoms with E-state index in [0.717, 1.165) is 0 Å². The van der Waals surface area contributed by atoms with Gasteiger partial charge in [0.15, 0.2) is 6.29 Å². The van der Waals surface area contributed by atoms with Gasteiger partial charge in [0.2, 0.25) is 0 Å². The number of ether oxygens (including phenoxy) is 2. The Morgan fingerprint density at radius 2 is 1.53 bits per heavy atom. The molecule has 6 nitrogen and oxygen atoms in total. The van der Waals surface area contributed by atoms with E-state index in [2.05, 4.69) is 0 Å². The predicted molar refractivity (Wildman–Crippen MR) is 52.1 cm³/mol. The van der Waals surface area contributed by atoms with Gasteiger partial charge < -0.3 is 29.9 Å². The Bertz CT molecular complexity index is 165. The molecule has 6 heteroatoms. The van der Waals surface area contributed by atoms with Gasteiger partial charge in [0.1, 0.15) is 24.4 Å². The van der Waals surface area contributed by atoms with Crippen molar-refractivity contribution in [1.82, 2.24) is 0 Å². The van der Waals surface area contributed by atoms with Crippen LogP contribution in [0.3, 0.4) is 0 Å². The topological polar surface area (TPSA) is 99.4 Å². The lowest BCUT2D eigenvalue weighted by molar-refractivity contribution is -0.287. The summed E-state index contributed by atoms with van der Waals surface area (Å²) in [7, 11) is 1.40. The molecule has 1 heterocycles. The first-order valence-corrected chi connectivity index (χ1v) is 4.94. The molecule has 1 rings (SSSR count). The van der Waals surface area contributed by atoms with Crippen LogP contribution in [0.4, 0.5) is 0 Å². The Morgan fingerprint density at radius 3 is 2.00 bits per heavy atom. The van der Waals surface area contributed by atoms with Gasteiger partial charge in [-0.3, -0.25) is 0 Å². The summed E-state index contributed by atoms with van der Waals surface area (Å²) in [5, 5.41) is 36.7. The van der Waals surface area contributed by atoms with Gasteiger partial charge in [0.05, 0.1) is 6.61 Å². The monoisotopic (exact) mass is 224 g/mol. The van der Waals surface area contributed by atoms with E-state index in [-0.39, 0.29) is 6.61 Å². The highest BCUT2D eigenvalue weighted by molar-refractivity contribution is 4.88. The van der Waals surface area contributed by atoms with Crippen LogP contribution in [0.5, 0.6) is 0 Å². The third-order valence-corrected chi connectivity index (χ3v) is 2.02. The van der Waals surface area contributed by atoms with Crippen LogP contribution in [0.1, 0.15) is 13.8 Å². The Balaban J connectivity index is 0.000000921. The molecule has 92 valence electrons.